The van der Waals surface area contributed by atoms with Gasteiger partial charge in [0.2, 0.25) is 0 Å². The van der Waals surface area contributed by atoms with Crippen molar-refractivity contribution in [2.75, 3.05) is 0 Å². The van der Waals surface area contributed by atoms with Crippen LogP contribution in [-0.4, -0.2) is 5.78 Å². The monoisotopic (exact) mass is 276 g/mol. The van der Waals surface area contributed by atoms with Gasteiger partial charge >= 0.3 is 0 Å². The molecule has 1 heterocycles. The lowest BCUT2D eigenvalue weighted by atomic mass is 10.00. The minimum absolute atomic E-state index is 0.216. The smallest absolute Gasteiger partial charge is 0.172 e. The molecule has 0 amide bonds. The van der Waals surface area contributed by atoms with E-state index >= 15 is 0 Å². The first-order chi connectivity index (χ1) is 9.22. The average Bonchev–Trinajstić information content (AvgIpc) is 3.04. The molecule has 0 spiro atoms. The molecule has 0 radical (unpaired) electrons. The summed E-state index contributed by atoms with van der Waals surface area (Å²) in [6, 6.07) is 6.60. The Kier molecular flexibility index (Phi) is 3.65. The van der Waals surface area contributed by atoms with E-state index in [2.05, 4.69) is 0 Å². The Morgan fingerprint density at radius 1 is 1.26 bits per heavy atom. The molecule has 0 saturated heterocycles. The van der Waals surface area contributed by atoms with Gasteiger partial charge < -0.3 is 0 Å². The maximum atomic E-state index is 13.1. The van der Waals surface area contributed by atoms with Crippen molar-refractivity contribution in [3.05, 3.63) is 35.0 Å². The van der Waals surface area contributed by atoms with E-state index in [1.54, 1.807) is 6.07 Å². The zero-order chi connectivity index (χ0) is 13.2. The number of ketones is 1. The third kappa shape index (κ3) is 2.86. The molecule has 0 N–H and O–H groups in total. The van der Waals surface area contributed by atoms with Crippen molar-refractivity contribution in [1.29, 1.82) is 0 Å². The van der Waals surface area contributed by atoms with Crippen LogP contribution >= 0.6 is 11.3 Å². The van der Waals surface area contributed by atoms with Gasteiger partial charge in [-0.15, -0.1) is 11.3 Å². The molecule has 0 atom stereocenters. The summed E-state index contributed by atoms with van der Waals surface area (Å²) in [4.78, 5) is 12.9. The molecular weight excluding hydrogens is 259 g/mol. The molecule has 3 heteroatoms. The summed E-state index contributed by atoms with van der Waals surface area (Å²) in [7, 11) is 0. The van der Waals surface area contributed by atoms with E-state index in [1.165, 1.54) is 49.2 Å². The van der Waals surface area contributed by atoms with Crippen molar-refractivity contribution in [3.63, 3.8) is 0 Å². The Hall–Kier alpha value is -1.22. The van der Waals surface area contributed by atoms with E-state index in [-0.39, 0.29) is 11.6 Å². The van der Waals surface area contributed by atoms with Crippen molar-refractivity contribution >= 4 is 27.2 Å². The highest BCUT2D eigenvalue weighted by atomic mass is 32.1. The van der Waals surface area contributed by atoms with Gasteiger partial charge in [-0.05, 0) is 35.9 Å². The van der Waals surface area contributed by atoms with Gasteiger partial charge in [0.05, 0.1) is 4.88 Å². The first-order valence-corrected chi connectivity index (χ1v) is 7.76. The summed E-state index contributed by atoms with van der Waals surface area (Å²) in [5.41, 5.74) is 0. The van der Waals surface area contributed by atoms with E-state index in [0.717, 1.165) is 27.3 Å². The van der Waals surface area contributed by atoms with E-state index in [9.17, 15) is 9.18 Å². The molecule has 1 saturated carbocycles. The van der Waals surface area contributed by atoms with E-state index in [1.807, 2.05) is 6.07 Å². The normalized spacial score (nSPS) is 16.3. The van der Waals surface area contributed by atoms with Crippen LogP contribution in [0.4, 0.5) is 4.39 Å². The van der Waals surface area contributed by atoms with Crippen LogP contribution in [0.5, 0.6) is 0 Å². The van der Waals surface area contributed by atoms with Crippen molar-refractivity contribution in [3.8, 4) is 0 Å². The van der Waals surface area contributed by atoms with Crippen LogP contribution in [0.25, 0.3) is 10.1 Å². The number of hydrogen-bond acceptors (Lipinski definition) is 2. The van der Waals surface area contributed by atoms with E-state index in [0.29, 0.717) is 6.42 Å². The molecule has 2 aromatic rings. The molecule has 0 bridgehead atoms. The third-order valence-electron chi connectivity index (χ3n) is 4.01. The number of Topliss-reactive ketones (excluding diaryl/α,β-unsaturated/α-hetero) is 1. The molecule has 1 aromatic heterocycles. The van der Waals surface area contributed by atoms with E-state index < -0.39 is 0 Å². The third-order valence-corrected chi connectivity index (χ3v) is 5.15. The lowest BCUT2D eigenvalue weighted by molar-refractivity contribution is 0.0978. The van der Waals surface area contributed by atoms with Crippen LogP contribution in [0.1, 0.15) is 48.2 Å². The van der Waals surface area contributed by atoms with Crippen LogP contribution in [0, 0.1) is 11.7 Å². The maximum absolute atomic E-state index is 13.1. The van der Waals surface area contributed by atoms with Crippen molar-refractivity contribution < 1.29 is 9.18 Å². The van der Waals surface area contributed by atoms with Crippen LogP contribution in [-0.2, 0) is 0 Å². The Labute approximate surface area is 116 Å². The van der Waals surface area contributed by atoms with Crippen molar-refractivity contribution in [2.45, 2.75) is 38.5 Å². The molecule has 19 heavy (non-hydrogen) atoms. The second-order valence-electron chi connectivity index (χ2n) is 5.41. The topological polar surface area (TPSA) is 17.1 Å². The van der Waals surface area contributed by atoms with Crippen molar-refractivity contribution in [1.82, 2.24) is 0 Å². The van der Waals surface area contributed by atoms with Gasteiger partial charge in [-0.2, -0.15) is 0 Å². The van der Waals surface area contributed by atoms with E-state index in [4.69, 9.17) is 0 Å². The summed E-state index contributed by atoms with van der Waals surface area (Å²) in [6.45, 7) is 0. The maximum Gasteiger partial charge on any atom is 0.172 e. The first kappa shape index (κ1) is 12.8. The average molecular weight is 276 g/mol. The summed E-state index contributed by atoms with van der Waals surface area (Å²) in [5.74, 6) is 0.726. The zero-order valence-corrected chi connectivity index (χ0v) is 11.6. The summed E-state index contributed by atoms with van der Waals surface area (Å²) in [5, 5.41) is 0.968. The molecular formula is C16H17FOS. The highest BCUT2D eigenvalue weighted by Crippen LogP contribution is 2.31. The predicted molar refractivity (Wildman–Crippen MR) is 77.3 cm³/mol. The number of halogens is 1. The fourth-order valence-electron chi connectivity index (χ4n) is 2.90. The molecule has 1 aromatic carbocycles. The zero-order valence-electron chi connectivity index (χ0n) is 10.8. The second-order valence-corrected chi connectivity index (χ2v) is 6.49. The largest absolute Gasteiger partial charge is 0.293 e. The molecule has 1 nitrogen and oxygen atoms in total. The number of carbonyl (C=O) groups is 1. The Balaban J connectivity index is 1.70. The number of thiophene rings is 1. The number of hydrogen-bond donors (Lipinski definition) is 0. The SMILES string of the molecule is O=C(CCC1CCCC1)c1cc2ccc(F)cc2s1. The Bertz CT molecular complexity index is 596. The fraction of sp³-hybridized carbons (Fsp3) is 0.438. The molecule has 0 aliphatic heterocycles. The van der Waals surface area contributed by atoms with Gasteiger partial charge in [0, 0.05) is 11.1 Å². The van der Waals surface area contributed by atoms with Gasteiger partial charge in [-0.25, -0.2) is 4.39 Å². The standard InChI is InChI=1S/C16H17FOS/c17-13-7-6-12-9-16(19-15(12)10-13)14(18)8-5-11-3-1-2-4-11/h6-7,9-11H,1-5,8H2. The Morgan fingerprint density at radius 3 is 2.84 bits per heavy atom. The van der Waals surface area contributed by atoms with Crippen LogP contribution < -0.4 is 0 Å². The summed E-state index contributed by atoms with van der Waals surface area (Å²) >= 11 is 1.41. The van der Waals surface area contributed by atoms with Gasteiger partial charge in [0.1, 0.15) is 5.82 Å². The van der Waals surface area contributed by atoms with Gasteiger partial charge in [-0.3, -0.25) is 4.79 Å². The lowest BCUT2D eigenvalue weighted by Gasteiger charge is -2.06. The summed E-state index contributed by atoms with van der Waals surface area (Å²) < 4.78 is 14.0. The number of carbonyl (C=O) groups excluding carboxylic acids is 1. The van der Waals surface area contributed by atoms with Gasteiger partial charge in [0.25, 0.3) is 0 Å². The minimum atomic E-state index is -0.237. The van der Waals surface area contributed by atoms with Crippen LogP contribution in [0.2, 0.25) is 0 Å². The first-order valence-electron chi connectivity index (χ1n) is 6.95. The minimum Gasteiger partial charge on any atom is -0.293 e. The summed E-state index contributed by atoms with van der Waals surface area (Å²) in [6.07, 6.45) is 6.86. The second kappa shape index (κ2) is 5.41. The molecule has 1 aliphatic carbocycles. The number of benzene rings is 1. The molecule has 3 rings (SSSR count). The highest BCUT2D eigenvalue weighted by molar-refractivity contribution is 7.20. The predicted octanol–water partition coefficient (Wildman–Crippen LogP) is 5.19. The number of rotatable bonds is 4. The van der Waals surface area contributed by atoms with Crippen molar-refractivity contribution in [2.24, 2.45) is 5.92 Å². The lowest BCUT2D eigenvalue weighted by Crippen LogP contribution is -2.00. The Morgan fingerprint density at radius 2 is 2.05 bits per heavy atom. The highest BCUT2D eigenvalue weighted by Gasteiger charge is 2.17. The fourth-order valence-corrected chi connectivity index (χ4v) is 3.95. The molecule has 1 fully saturated rings. The molecule has 1 aliphatic rings. The quantitative estimate of drug-likeness (QED) is 0.702. The van der Waals surface area contributed by atoms with Crippen LogP contribution in [0.15, 0.2) is 24.3 Å². The molecule has 100 valence electrons. The van der Waals surface area contributed by atoms with Gasteiger partial charge in [-0.1, -0.05) is 31.7 Å². The number of fused-ring (bicyclic) bond motifs is 1. The van der Waals surface area contributed by atoms with Gasteiger partial charge in [0.15, 0.2) is 5.78 Å². The molecule has 0 unspecified atom stereocenters. The van der Waals surface area contributed by atoms with Crippen LogP contribution in [0.3, 0.4) is 0 Å².